The minimum Gasteiger partial charge on any atom is -0.357 e. The third-order valence-corrected chi connectivity index (χ3v) is 1.40. The minimum atomic E-state index is -0.621. The zero-order valence-electron chi connectivity index (χ0n) is 6.11. The third-order valence-electron chi connectivity index (χ3n) is 1.18. The van der Waals surface area contributed by atoms with Gasteiger partial charge in [-0.1, -0.05) is 0 Å². The highest BCUT2D eigenvalue weighted by Gasteiger charge is 2.07. The average molecular weight is 189 g/mol. The summed E-state index contributed by atoms with van der Waals surface area (Å²) in [6, 6.07) is 0. The lowest BCUT2D eigenvalue weighted by molar-refractivity contribution is 0.569. The van der Waals surface area contributed by atoms with Crippen LogP contribution in [0.25, 0.3) is 6.20 Å². The quantitative estimate of drug-likeness (QED) is 0.629. The molecular formula is C5H5ClN4O2. The predicted octanol–water partition coefficient (Wildman–Crippen LogP) is -0.609. The van der Waals surface area contributed by atoms with Crippen molar-refractivity contribution < 1.29 is 4.79 Å². The molecule has 1 heterocycles. The molecule has 0 saturated heterocycles. The Hall–Kier alpha value is -1.52. The zero-order chi connectivity index (χ0) is 9.14. The summed E-state index contributed by atoms with van der Waals surface area (Å²) < 4.78 is 1.54. The topological polar surface area (TPSA) is 68.9 Å². The van der Waals surface area contributed by atoms with Crippen LogP contribution in [0.4, 0.5) is 5.95 Å². The molecule has 1 aromatic heterocycles. The Morgan fingerprint density at radius 3 is 2.92 bits per heavy atom. The molecule has 0 aliphatic rings. The van der Waals surface area contributed by atoms with E-state index in [4.69, 9.17) is 11.8 Å². The first-order valence-electron chi connectivity index (χ1n) is 2.97. The summed E-state index contributed by atoms with van der Waals surface area (Å²) in [6.07, 6.45) is 0.903. The normalized spacial score (nSPS) is 9.17. The number of carbonyl (C=O) groups excluding carboxylic acids is 1. The van der Waals surface area contributed by atoms with Gasteiger partial charge in [0, 0.05) is 18.8 Å². The Morgan fingerprint density at radius 1 is 1.75 bits per heavy atom. The SMILES string of the molecule is CNc1nn(Cl)c(=O)n1C=C=O. The molecule has 0 aliphatic heterocycles. The van der Waals surface area contributed by atoms with E-state index in [0.29, 0.717) is 4.20 Å². The average Bonchev–Trinajstić information content (AvgIpc) is 2.33. The van der Waals surface area contributed by atoms with Crippen LogP contribution in [0.5, 0.6) is 0 Å². The maximum absolute atomic E-state index is 11.0. The molecule has 1 rings (SSSR count). The Bertz CT molecular complexity index is 387. The molecule has 6 nitrogen and oxygen atoms in total. The molecule has 0 aromatic carbocycles. The monoisotopic (exact) mass is 188 g/mol. The maximum Gasteiger partial charge on any atom is 0.367 e. The predicted molar refractivity (Wildman–Crippen MR) is 43.7 cm³/mol. The Morgan fingerprint density at radius 2 is 2.42 bits per heavy atom. The molecule has 1 aromatic rings. The molecule has 0 unspecified atom stereocenters. The van der Waals surface area contributed by atoms with E-state index < -0.39 is 5.69 Å². The lowest BCUT2D eigenvalue weighted by Crippen LogP contribution is -2.17. The Kier molecular flexibility index (Phi) is 2.32. The van der Waals surface area contributed by atoms with Gasteiger partial charge in [-0.2, -0.15) is 0 Å². The summed E-state index contributed by atoms with van der Waals surface area (Å²) in [5.41, 5.74) is -0.621. The summed E-state index contributed by atoms with van der Waals surface area (Å²) in [4.78, 5) is 21.0. The van der Waals surface area contributed by atoms with Gasteiger partial charge in [-0.05, 0) is 0 Å². The second-order valence-corrected chi connectivity index (χ2v) is 2.15. The number of nitrogens with zero attached hydrogens (tertiary/aromatic N) is 3. The van der Waals surface area contributed by atoms with E-state index in [0.717, 1.165) is 10.8 Å². The summed E-state index contributed by atoms with van der Waals surface area (Å²) in [5.74, 6) is 1.63. The maximum atomic E-state index is 11.0. The summed E-state index contributed by atoms with van der Waals surface area (Å²) >= 11 is 5.33. The molecule has 64 valence electrons. The number of aromatic nitrogens is 3. The van der Waals surface area contributed by atoms with E-state index in [1.54, 1.807) is 7.05 Å². The van der Waals surface area contributed by atoms with Gasteiger partial charge in [0.05, 0.1) is 0 Å². The van der Waals surface area contributed by atoms with E-state index in [1.165, 1.54) is 5.94 Å². The van der Waals surface area contributed by atoms with E-state index in [1.807, 2.05) is 0 Å². The lowest BCUT2D eigenvalue weighted by atomic mass is 10.8. The van der Waals surface area contributed by atoms with E-state index in [-0.39, 0.29) is 5.95 Å². The van der Waals surface area contributed by atoms with Gasteiger partial charge in [-0.25, -0.2) is 14.2 Å². The highest BCUT2D eigenvalue weighted by atomic mass is 35.5. The number of halogens is 1. The van der Waals surface area contributed by atoms with Gasteiger partial charge < -0.3 is 5.32 Å². The Balaban J connectivity index is 3.40. The zero-order valence-corrected chi connectivity index (χ0v) is 6.87. The molecule has 0 bridgehead atoms. The summed E-state index contributed by atoms with van der Waals surface area (Å²) in [6.45, 7) is 0. The van der Waals surface area contributed by atoms with Crippen molar-refractivity contribution in [2.24, 2.45) is 0 Å². The number of hydrogen-bond acceptors (Lipinski definition) is 4. The minimum absolute atomic E-state index is 0.179. The standard InChI is InChI=1S/C5H5ClN4O2/c1-7-4-8-10(6)5(12)9(4)2-3-11/h2H,1H3,(H,7,8). The van der Waals surface area contributed by atoms with Gasteiger partial charge >= 0.3 is 5.69 Å². The van der Waals surface area contributed by atoms with Crippen molar-refractivity contribution in [3.05, 3.63) is 10.5 Å². The highest BCUT2D eigenvalue weighted by Crippen LogP contribution is 1.98. The fourth-order valence-corrected chi connectivity index (χ4v) is 0.846. The fourth-order valence-electron chi connectivity index (χ4n) is 0.693. The van der Waals surface area contributed by atoms with Crippen LogP contribution >= 0.6 is 11.8 Å². The van der Waals surface area contributed by atoms with Crippen LogP contribution < -0.4 is 11.0 Å². The molecular weight excluding hydrogens is 184 g/mol. The molecule has 0 atom stereocenters. The molecule has 0 spiro atoms. The van der Waals surface area contributed by atoms with Crippen LogP contribution in [-0.2, 0) is 4.79 Å². The number of rotatable bonds is 2. The second kappa shape index (κ2) is 3.25. The van der Waals surface area contributed by atoms with Crippen molar-refractivity contribution in [3.8, 4) is 0 Å². The molecule has 12 heavy (non-hydrogen) atoms. The van der Waals surface area contributed by atoms with E-state index >= 15 is 0 Å². The Labute approximate surface area is 72.2 Å². The van der Waals surface area contributed by atoms with Crippen molar-refractivity contribution >= 4 is 29.9 Å². The molecule has 7 heteroatoms. The first-order chi connectivity index (χ1) is 5.70. The molecule has 0 radical (unpaired) electrons. The summed E-state index contributed by atoms with van der Waals surface area (Å²) in [5, 5.41) is 6.14. The number of hydrogen-bond donors (Lipinski definition) is 1. The van der Waals surface area contributed by atoms with Gasteiger partial charge in [0.25, 0.3) is 0 Å². The van der Waals surface area contributed by atoms with Crippen molar-refractivity contribution in [3.63, 3.8) is 0 Å². The molecule has 1 N–H and O–H groups in total. The number of anilines is 1. The molecule has 0 saturated carbocycles. The van der Waals surface area contributed by atoms with Crippen LogP contribution in [0.15, 0.2) is 4.79 Å². The smallest absolute Gasteiger partial charge is 0.357 e. The van der Waals surface area contributed by atoms with Crippen molar-refractivity contribution in [2.75, 3.05) is 12.4 Å². The largest absolute Gasteiger partial charge is 0.367 e. The molecule has 0 fully saturated rings. The summed E-state index contributed by atoms with van der Waals surface area (Å²) in [7, 11) is 1.55. The van der Waals surface area contributed by atoms with Crippen LogP contribution in [-0.4, -0.2) is 26.9 Å². The first kappa shape index (κ1) is 8.58. The third kappa shape index (κ3) is 1.25. The van der Waals surface area contributed by atoms with Gasteiger partial charge in [-0.3, -0.25) is 0 Å². The van der Waals surface area contributed by atoms with Crippen molar-refractivity contribution in [2.45, 2.75) is 0 Å². The van der Waals surface area contributed by atoms with Gasteiger partial charge in [0.1, 0.15) is 12.1 Å². The second-order valence-electron chi connectivity index (χ2n) is 1.83. The van der Waals surface area contributed by atoms with Crippen LogP contribution in [0.1, 0.15) is 0 Å². The fraction of sp³-hybridized carbons (Fsp3) is 0.200. The van der Waals surface area contributed by atoms with Crippen molar-refractivity contribution in [1.29, 1.82) is 0 Å². The number of nitrogens with one attached hydrogen (secondary N) is 1. The van der Waals surface area contributed by atoms with Crippen LogP contribution in [0.2, 0.25) is 0 Å². The van der Waals surface area contributed by atoms with Crippen LogP contribution in [0.3, 0.4) is 0 Å². The van der Waals surface area contributed by atoms with Gasteiger partial charge in [0.2, 0.25) is 5.95 Å². The van der Waals surface area contributed by atoms with E-state index in [9.17, 15) is 9.59 Å². The van der Waals surface area contributed by atoms with Gasteiger partial charge in [0.15, 0.2) is 0 Å². The van der Waals surface area contributed by atoms with E-state index in [2.05, 4.69) is 10.4 Å². The van der Waals surface area contributed by atoms with Crippen molar-refractivity contribution in [1.82, 2.24) is 13.9 Å². The highest BCUT2D eigenvalue weighted by molar-refractivity contribution is 6.14. The van der Waals surface area contributed by atoms with Gasteiger partial charge in [-0.15, -0.1) is 9.30 Å². The molecule has 0 aliphatic carbocycles. The molecule has 0 amide bonds. The lowest BCUT2D eigenvalue weighted by Gasteiger charge is -1.93. The first-order valence-corrected chi connectivity index (χ1v) is 3.31. The van der Waals surface area contributed by atoms with Crippen LogP contribution in [0, 0.1) is 0 Å².